The fraction of sp³-hybridized carbons (Fsp3) is 0.0526. The highest BCUT2D eigenvalue weighted by Crippen LogP contribution is 2.24. The van der Waals surface area contributed by atoms with Crippen LogP contribution in [0.25, 0.3) is 22.4 Å². The first-order chi connectivity index (χ1) is 10.2. The van der Waals surface area contributed by atoms with Crippen molar-refractivity contribution in [2.45, 2.75) is 6.92 Å². The van der Waals surface area contributed by atoms with Crippen molar-refractivity contribution in [3.63, 3.8) is 0 Å². The van der Waals surface area contributed by atoms with Gasteiger partial charge in [-0.15, -0.1) is 0 Å². The number of carbonyl (C=O) groups is 1. The van der Waals surface area contributed by atoms with Crippen molar-refractivity contribution >= 4 is 5.78 Å². The van der Waals surface area contributed by atoms with E-state index in [0.29, 0.717) is 0 Å². The number of pyridine rings is 1. The normalized spacial score (nSPS) is 10.3. The van der Waals surface area contributed by atoms with E-state index in [0.717, 1.165) is 27.9 Å². The van der Waals surface area contributed by atoms with Gasteiger partial charge >= 0.3 is 0 Å². The van der Waals surface area contributed by atoms with Crippen LogP contribution < -0.4 is 0 Å². The van der Waals surface area contributed by atoms with Gasteiger partial charge in [0, 0.05) is 17.3 Å². The highest BCUT2D eigenvalue weighted by atomic mass is 16.1. The van der Waals surface area contributed by atoms with Crippen LogP contribution in [0.2, 0.25) is 0 Å². The van der Waals surface area contributed by atoms with E-state index in [1.54, 1.807) is 13.1 Å². The molecule has 0 amide bonds. The molecule has 0 saturated carbocycles. The lowest BCUT2D eigenvalue weighted by Gasteiger charge is -2.05. The number of nitrogens with zero attached hydrogens (tertiary/aromatic N) is 1. The lowest BCUT2D eigenvalue weighted by Crippen LogP contribution is -1.91. The fourth-order valence-corrected chi connectivity index (χ4v) is 2.28. The van der Waals surface area contributed by atoms with Gasteiger partial charge < -0.3 is 0 Å². The molecule has 0 radical (unpaired) electrons. The monoisotopic (exact) mass is 273 g/mol. The third-order valence-electron chi connectivity index (χ3n) is 3.45. The van der Waals surface area contributed by atoms with Crippen LogP contribution in [0.3, 0.4) is 0 Å². The minimum atomic E-state index is 0.0851. The number of benzene rings is 2. The Labute approximate surface area is 124 Å². The highest BCUT2D eigenvalue weighted by Gasteiger charge is 2.03. The van der Waals surface area contributed by atoms with Crippen molar-refractivity contribution < 1.29 is 4.79 Å². The van der Waals surface area contributed by atoms with Crippen LogP contribution in [0.4, 0.5) is 0 Å². The van der Waals surface area contributed by atoms with E-state index in [-0.39, 0.29) is 5.78 Å². The van der Waals surface area contributed by atoms with Gasteiger partial charge in [-0.3, -0.25) is 9.78 Å². The van der Waals surface area contributed by atoms with E-state index in [4.69, 9.17) is 0 Å². The smallest absolute Gasteiger partial charge is 0.159 e. The van der Waals surface area contributed by atoms with Gasteiger partial charge in [-0.05, 0) is 36.2 Å². The van der Waals surface area contributed by atoms with Gasteiger partial charge in [0.25, 0.3) is 0 Å². The molecule has 0 aliphatic rings. The number of rotatable bonds is 3. The molecule has 2 heteroatoms. The van der Waals surface area contributed by atoms with E-state index in [1.807, 2.05) is 42.5 Å². The number of Topliss-reactive ketones (excluding diaryl/α,β-unsaturated/α-hetero) is 1. The maximum absolute atomic E-state index is 11.5. The largest absolute Gasteiger partial charge is 0.295 e. The summed E-state index contributed by atoms with van der Waals surface area (Å²) in [6.45, 7) is 1.59. The minimum absolute atomic E-state index is 0.0851. The zero-order valence-corrected chi connectivity index (χ0v) is 11.8. The molecule has 2 nitrogen and oxygen atoms in total. The minimum Gasteiger partial charge on any atom is -0.295 e. The summed E-state index contributed by atoms with van der Waals surface area (Å²) in [4.78, 5) is 15.8. The van der Waals surface area contributed by atoms with Crippen LogP contribution in [0.15, 0.2) is 72.9 Å². The topological polar surface area (TPSA) is 30.0 Å². The summed E-state index contributed by atoms with van der Waals surface area (Å²) in [6, 6.07) is 21.8. The molecule has 102 valence electrons. The van der Waals surface area contributed by atoms with Crippen LogP contribution in [-0.2, 0) is 0 Å². The summed E-state index contributed by atoms with van der Waals surface area (Å²) in [6.07, 6.45) is 1.79. The first kappa shape index (κ1) is 13.3. The average molecular weight is 273 g/mol. The summed E-state index contributed by atoms with van der Waals surface area (Å²) in [5, 5.41) is 0. The number of aromatic nitrogens is 1. The van der Waals surface area contributed by atoms with Crippen LogP contribution in [-0.4, -0.2) is 10.8 Å². The second-order valence-corrected chi connectivity index (χ2v) is 4.93. The van der Waals surface area contributed by atoms with Crippen molar-refractivity contribution in [3.05, 3.63) is 78.5 Å². The zero-order chi connectivity index (χ0) is 14.7. The number of hydrogen-bond donors (Lipinski definition) is 0. The summed E-state index contributed by atoms with van der Waals surface area (Å²) >= 11 is 0. The van der Waals surface area contributed by atoms with Gasteiger partial charge in [0.15, 0.2) is 5.78 Å². The Morgan fingerprint density at radius 2 is 1.57 bits per heavy atom. The van der Waals surface area contributed by atoms with Gasteiger partial charge in [-0.1, -0.05) is 48.5 Å². The lowest BCUT2D eigenvalue weighted by molar-refractivity contribution is 0.101. The van der Waals surface area contributed by atoms with E-state index in [9.17, 15) is 4.79 Å². The van der Waals surface area contributed by atoms with Crippen molar-refractivity contribution in [3.8, 4) is 22.4 Å². The standard InChI is InChI=1S/C19H15NO/c1-14(21)17-5-4-6-18(13-17)15-8-10-16(11-9-15)19-7-2-3-12-20-19/h2-13H,1H3. The molecule has 2 aromatic carbocycles. The lowest BCUT2D eigenvalue weighted by atomic mass is 10.00. The van der Waals surface area contributed by atoms with Crippen LogP contribution in [0.1, 0.15) is 17.3 Å². The van der Waals surface area contributed by atoms with E-state index >= 15 is 0 Å². The van der Waals surface area contributed by atoms with E-state index < -0.39 is 0 Å². The fourth-order valence-electron chi connectivity index (χ4n) is 2.28. The molecule has 1 heterocycles. The van der Waals surface area contributed by atoms with Gasteiger partial charge in [0.2, 0.25) is 0 Å². The number of ketones is 1. The van der Waals surface area contributed by atoms with E-state index in [2.05, 4.69) is 29.2 Å². The molecule has 21 heavy (non-hydrogen) atoms. The molecule has 0 spiro atoms. The molecule has 0 atom stereocenters. The zero-order valence-electron chi connectivity index (χ0n) is 11.8. The third-order valence-corrected chi connectivity index (χ3v) is 3.45. The molecule has 0 unspecified atom stereocenters. The Morgan fingerprint density at radius 3 is 2.24 bits per heavy atom. The Morgan fingerprint density at radius 1 is 0.810 bits per heavy atom. The van der Waals surface area contributed by atoms with Crippen molar-refractivity contribution in [1.82, 2.24) is 4.98 Å². The van der Waals surface area contributed by atoms with Crippen molar-refractivity contribution in [1.29, 1.82) is 0 Å². The van der Waals surface area contributed by atoms with Gasteiger partial charge in [-0.25, -0.2) is 0 Å². The van der Waals surface area contributed by atoms with Gasteiger partial charge in [0.05, 0.1) is 5.69 Å². The predicted octanol–water partition coefficient (Wildman–Crippen LogP) is 4.62. The summed E-state index contributed by atoms with van der Waals surface area (Å²) in [5.74, 6) is 0.0851. The number of hydrogen-bond acceptors (Lipinski definition) is 2. The molecule has 0 bridgehead atoms. The summed E-state index contributed by atoms with van der Waals surface area (Å²) in [5.41, 5.74) is 4.93. The van der Waals surface area contributed by atoms with Crippen molar-refractivity contribution in [2.24, 2.45) is 0 Å². The third kappa shape index (κ3) is 2.90. The Bertz CT molecular complexity index is 761. The molecule has 3 aromatic rings. The number of carbonyl (C=O) groups excluding carboxylic acids is 1. The van der Waals surface area contributed by atoms with Crippen molar-refractivity contribution in [2.75, 3.05) is 0 Å². The van der Waals surface area contributed by atoms with Crippen LogP contribution in [0, 0.1) is 0 Å². The Hall–Kier alpha value is -2.74. The molecule has 0 N–H and O–H groups in total. The molecule has 3 rings (SSSR count). The van der Waals surface area contributed by atoms with Crippen LogP contribution >= 0.6 is 0 Å². The average Bonchev–Trinajstić information content (AvgIpc) is 2.56. The molecule has 0 fully saturated rings. The summed E-state index contributed by atoms with van der Waals surface area (Å²) in [7, 11) is 0. The second kappa shape index (κ2) is 5.71. The highest BCUT2D eigenvalue weighted by molar-refractivity contribution is 5.95. The van der Waals surface area contributed by atoms with Crippen LogP contribution in [0.5, 0.6) is 0 Å². The predicted molar refractivity (Wildman–Crippen MR) is 85.1 cm³/mol. The SMILES string of the molecule is CC(=O)c1cccc(-c2ccc(-c3ccccn3)cc2)c1. The molecular formula is C19H15NO. The first-order valence-electron chi connectivity index (χ1n) is 6.87. The molecular weight excluding hydrogens is 258 g/mol. The molecule has 0 saturated heterocycles. The second-order valence-electron chi connectivity index (χ2n) is 4.93. The first-order valence-corrected chi connectivity index (χ1v) is 6.87. The summed E-state index contributed by atoms with van der Waals surface area (Å²) < 4.78 is 0. The molecule has 0 aliphatic carbocycles. The molecule has 1 aromatic heterocycles. The Balaban J connectivity index is 1.94. The maximum atomic E-state index is 11.5. The van der Waals surface area contributed by atoms with Gasteiger partial charge in [0.1, 0.15) is 0 Å². The Kier molecular flexibility index (Phi) is 3.61. The van der Waals surface area contributed by atoms with Gasteiger partial charge in [-0.2, -0.15) is 0 Å². The quantitative estimate of drug-likeness (QED) is 0.652. The van der Waals surface area contributed by atoms with E-state index in [1.165, 1.54) is 0 Å². The molecule has 0 aliphatic heterocycles. The maximum Gasteiger partial charge on any atom is 0.159 e.